The van der Waals surface area contributed by atoms with Crippen LogP contribution in [-0.4, -0.2) is 46.0 Å². The third-order valence-electron chi connectivity index (χ3n) is 2.53. The molecule has 0 radical (unpaired) electrons. The molecule has 0 saturated heterocycles. The van der Waals surface area contributed by atoms with E-state index in [1.165, 1.54) is 0 Å². The molecule has 6 nitrogen and oxygen atoms in total. The normalized spacial score (nSPS) is 18.6. The van der Waals surface area contributed by atoms with Crippen molar-refractivity contribution in [3.05, 3.63) is 0 Å². The first-order chi connectivity index (χ1) is 9.36. The van der Waals surface area contributed by atoms with Gasteiger partial charge in [0, 0.05) is 25.8 Å². The van der Waals surface area contributed by atoms with Crippen LogP contribution in [0.2, 0.25) is 6.55 Å². The van der Waals surface area contributed by atoms with Crippen LogP contribution in [0.3, 0.4) is 0 Å². The van der Waals surface area contributed by atoms with Gasteiger partial charge in [-0.2, -0.15) is 0 Å². The van der Waals surface area contributed by atoms with Crippen LogP contribution in [0.15, 0.2) is 0 Å². The molecule has 0 fully saturated rings. The van der Waals surface area contributed by atoms with Gasteiger partial charge in [-0.3, -0.25) is 0 Å². The molecule has 0 aromatic heterocycles. The Morgan fingerprint density at radius 1 is 0.750 bits per heavy atom. The molecule has 7 heteroatoms. The average Bonchev–Trinajstić information content (AvgIpc) is 2.28. The number of aldehydes is 3. The van der Waals surface area contributed by atoms with E-state index in [0.29, 0.717) is 0 Å². The summed E-state index contributed by atoms with van der Waals surface area (Å²) < 4.78 is 17.2. The topological polar surface area (TPSA) is 78.9 Å². The molecule has 0 aromatic rings. The first-order valence-electron chi connectivity index (χ1n) is 6.71. The lowest BCUT2D eigenvalue weighted by Gasteiger charge is -2.33. The Morgan fingerprint density at radius 3 is 1.20 bits per heavy atom. The van der Waals surface area contributed by atoms with Gasteiger partial charge in [-0.1, -0.05) is 0 Å². The SMILES string of the molecule is CC(CC=O)O[Si](C)(OC(C)CC=O)OC(C)CC=O. The van der Waals surface area contributed by atoms with Gasteiger partial charge in [0.1, 0.15) is 18.9 Å². The van der Waals surface area contributed by atoms with Crippen molar-refractivity contribution in [1.29, 1.82) is 0 Å². The van der Waals surface area contributed by atoms with Gasteiger partial charge in [0.05, 0.1) is 18.3 Å². The van der Waals surface area contributed by atoms with Crippen LogP contribution >= 0.6 is 0 Å². The summed E-state index contributed by atoms with van der Waals surface area (Å²) in [7, 11) is -3.03. The quantitative estimate of drug-likeness (QED) is 0.402. The van der Waals surface area contributed by atoms with Crippen LogP contribution < -0.4 is 0 Å². The van der Waals surface area contributed by atoms with Gasteiger partial charge in [-0.05, 0) is 20.8 Å². The molecule has 0 bridgehead atoms. The van der Waals surface area contributed by atoms with Gasteiger partial charge in [-0.25, -0.2) is 0 Å². The molecule has 0 heterocycles. The summed E-state index contributed by atoms with van der Waals surface area (Å²) in [5.41, 5.74) is 0. The van der Waals surface area contributed by atoms with E-state index < -0.39 is 8.80 Å². The van der Waals surface area contributed by atoms with E-state index in [1.807, 2.05) is 0 Å². The maximum atomic E-state index is 10.5. The van der Waals surface area contributed by atoms with Crippen molar-refractivity contribution in [2.24, 2.45) is 0 Å². The molecule has 0 aromatic carbocycles. The Kier molecular flexibility index (Phi) is 9.48. The van der Waals surface area contributed by atoms with E-state index >= 15 is 0 Å². The smallest absolute Gasteiger partial charge is 0.370 e. The molecular formula is C13H24O6Si. The van der Waals surface area contributed by atoms with Gasteiger partial charge in [0.2, 0.25) is 0 Å². The lowest BCUT2D eigenvalue weighted by molar-refractivity contribution is -0.110. The molecule has 0 rings (SSSR count). The predicted molar refractivity (Wildman–Crippen MR) is 75.3 cm³/mol. The molecule has 0 aliphatic carbocycles. The van der Waals surface area contributed by atoms with E-state index in [9.17, 15) is 14.4 Å². The predicted octanol–water partition coefficient (Wildman–Crippen LogP) is 1.54. The van der Waals surface area contributed by atoms with Crippen molar-refractivity contribution < 1.29 is 27.7 Å². The largest absolute Gasteiger partial charge is 0.498 e. The lowest BCUT2D eigenvalue weighted by atomic mass is 10.3. The Bertz CT molecular complexity index is 264. The highest BCUT2D eigenvalue weighted by molar-refractivity contribution is 6.59. The second kappa shape index (κ2) is 9.92. The molecule has 116 valence electrons. The average molecular weight is 304 g/mol. The van der Waals surface area contributed by atoms with Gasteiger partial charge < -0.3 is 27.7 Å². The zero-order valence-electron chi connectivity index (χ0n) is 12.5. The fourth-order valence-corrected chi connectivity index (χ4v) is 4.38. The number of carbonyl (C=O) groups excluding carboxylic acids is 3. The third kappa shape index (κ3) is 8.31. The Morgan fingerprint density at radius 2 is 1.00 bits per heavy atom. The first-order valence-corrected chi connectivity index (χ1v) is 8.93. The Labute approximate surface area is 121 Å². The van der Waals surface area contributed by atoms with E-state index in [2.05, 4.69) is 0 Å². The highest BCUT2D eigenvalue weighted by Crippen LogP contribution is 2.19. The maximum Gasteiger partial charge on any atom is 0.498 e. The highest BCUT2D eigenvalue weighted by atomic mass is 28.4. The number of rotatable bonds is 12. The molecule has 3 unspecified atom stereocenters. The van der Waals surface area contributed by atoms with Crippen LogP contribution in [0.1, 0.15) is 40.0 Å². The molecule has 3 atom stereocenters. The standard InChI is InChI=1S/C13H24O6Si/c1-11(5-8-14)17-20(4,18-12(2)6-9-15)19-13(3)7-10-16/h8-13H,5-7H2,1-4H3. The van der Waals surface area contributed by atoms with Crippen LogP contribution in [0.5, 0.6) is 0 Å². The van der Waals surface area contributed by atoms with Crippen molar-refractivity contribution in [2.75, 3.05) is 0 Å². The van der Waals surface area contributed by atoms with Crippen LogP contribution in [-0.2, 0) is 27.7 Å². The minimum atomic E-state index is -3.03. The monoisotopic (exact) mass is 304 g/mol. The number of carbonyl (C=O) groups is 3. The van der Waals surface area contributed by atoms with Crippen molar-refractivity contribution in [2.45, 2.75) is 64.9 Å². The van der Waals surface area contributed by atoms with E-state index in [1.54, 1.807) is 27.3 Å². The van der Waals surface area contributed by atoms with E-state index in [0.717, 1.165) is 18.9 Å². The maximum absolute atomic E-state index is 10.5. The Balaban J connectivity index is 4.75. The second-order valence-corrected chi connectivity index (χ2v) is 7.29. The molecule has 0 N–H and O–H groups in total. The molecule has 0 spiro atoms. The molecule has 0 aliphatic rings. The number of hydrogen-bond acceptors (Lipinski definition) is 6. The summed E-state index contributed by atoms with van der Waals surface area (Å²) in [5.74, 6) is 0. The fourth-order valence-electron chi connectivity index (χ4n) is 1.73. The second-order valence-electron chi connectivity index (χ2n) is 4.85. The molecule has 0 aliphatic heterocycles. The van der Waals surface area contributed by atoms with Crippen LogP contribution in [0.25, 0.3) is 0 Å². The van der Waals surface area contributed by atoms with Crippen molar-refractivity contribution in [1.82, 2.24) is 0 Å². The molecular weight excluding hydrogens is 280 g/mol. The van der Waals surface area contributed by atoms with Gasteiger partial charge in [0.15, 0.2) is 0 Å². The van der Waals surface area contributed by atoms with Crippen molar-refractivity contribution >= 4 is 27.7 Å². The summed E-state index contributed by atoms with van der Waals surface area (Å²) in [5, 5.41) is 0. The molecule has 0 amide bonds. The molecule has 0 saturated carbocycles. The van der Waals surface area contributed by atoms with E-state index in [4.69, 9.17) is 13.3 Å². The Hall–Kier alpha value is -0.893. The first kappa shape index (κ1) is 19.1. The zero-order chi connectivity index (χ0) is 15.6. The summed E-state index contributed by atoms with van der Waals surface area (Å²) in [6.07, 6.45) is 2.00. The zero-order valence-corrected chi connectivity index (χ0v) is 13.5. The van der Waals surface area contributed by atoms with Gasteiger partial charge in [0.25, 0.3) is 0 Å². The third-order valence-corrected chi connectivity index (χ3v) is 5.02. The summed E-state index contributed by atoms with van der Waals surface area (Å²) in [4.78, 5) is 31.5. The number of hydrogen-bond donors (Lipinski definition) is 0. The van der Waals surface area contributed by atoms with Crippen molar-refractivity contribution in [3.8, 4) is 0 Å². The summed E-state index contributed by atoms with van der Waals surface area (Å²) in [6.45, 7) is 6.96. The van der Waals surface area contributed by atoms with Gasteiger partial charge in [-0.15, -0.1) is 0 Å². The fraction of sp³-hybridized carbons (Fsp3) is 0.769. The summed E-state index contributed by atoms with van der Waals surface area (Å²) >= 11 is 0. The van der Waals surface area contributed by atoms with Crippen molar-refractivity contribution in [3.63, 3.8) is 0 Å². The van der Waals surface area contributed by atoms with E-state index in [-0.39, 0.29) is 37.6 Å². The minimum absolute atomic E-state index is 0.236. The minimum Gasteiger partial charge on any atom is -0.370 e. The molecule has 20 heavy (non-hydrogen) atoms. The van der Waals surface area contributed by atoms with Crippen LogP contribution in [0.4, 0.5) is 0 Å². The van der Waals surface area contributed by atoms with Crippen LogP contribution in [0, 0.1) is 0 Å². The lowest BCUT2D eigenvalue weighted by Crippen LogP contribution is -2.49. The highest BCUT2D eigenvalue weighted by Gasteiger charge is 2.40. The van der Waals surface area contributed by atoms with Gasteiger partial charge >= 0.3 is 8.80 Å². The summed E-state index contributed by atoms with van der Waals surface area (Å²) in [6, 6.07) is 0.